The van der Waals surface area contributed by atoms with E-state index in [1.807, 2.05) is 24.3 Å². The zero-order valence-electron chi connectivity index (χ0n) is 19.9. The molecule has 1 heterocycles. The molecule has 0 saturated carbocycles. The monoisotopic (exact) mass is 446 g/mol. The first-order valence-electron chi connectivity index (χ1n) is 10.6. The van der Waals surface area contributed by atoms with Crippen LogP contribution < -0.4 is 28.4 Å². The lowest BCUT2D eigenvalue weighted by Gasteiger charge is -2.35. The minimum Gasteiger partial charge on any atom is -0.493 e. The molecule has 0 N–H and O–H groups in total. The summed E-state index contributed by atoms with van der Waals surface area (Å²) in [6.07, 6.45) is 0. The van der Waals surface area contributed by atoms with Gasteiger partial charge in [-0.25, -0.2) is 0 Å². The van der Waals surface area contributed by atoms with E-state index in [-0.39, 0.29) is 0 Å². The van der Waals surface area contributed by atoms with Crippen molar-refractivity contribution in [3.63, 3.8) is 0 Å². The van der Waals surface area contributed by atoms with Crippen molar-refractivity contribution in [2.45, 2.75) is 13.1 Å². The number of benzene rings is 2. The van der Waals surface area contributed by atoms with Crippen molar-refractivity contribution >= 4 is 0 Å². The van der Waals surface area contributed by atoms with Gasteiger partial charge in [0.2, 0.25) is 11.5 Å². The predicted molar refractivity (Wildman–Crippen MR) is 123 cm³/mol. The molecule has 2 aromatic carbocycles. The van der Waals surface area contributed by atoms with Crippen molar-refractivity contribution in [1.29, 1.82) is 0 Å². The zero-order valence-corrected chi connectivity index (χ0v) is 19.9. The second-order valence-corrected chi connectivity index (χ2v) is 7.58. The first-order chi connectivity index (χ1) is 15.6. The summed E-state index contributed by atoms with van der Waals surface area (Å²) in [5.41, 5.74) is 2.22. The number of ether oxygens (including phenoxy) is 6. The summed E-state index contributed by atoms with van der Waals surface area (Å²) in [5.74, 6) is 4.01. The van der Waals surface area contributed by atoms with Crippen molar-refractivity contribution in [3.8, 4) is 34.5 Å². The van der Waals surface area contributed by atoms with Gasteiger partial charge in [-0.2, -0.15) is 0 Å². The molecule has 0 bridgehead atoms. The lowest BCUT2D eigenvalue weighted by Crippen LogP contribution is -2.45. The maximum Gasteiger partial charge on any atom is 0.203 e. The Morgan fingerprint density at radius 2 is 1.06 bits per heavy atom. The minimum absolute atomic E-state index is 0.618. The average molecular weight is 447 g/mol. The van der Waals surface area contributed by atoms with Crippen LogP contribution in [0.4, 0.5) is 0 Å². The van der Waals surface area contributed by atoms with E-state index in [0.717, 1.165) is 56.1 Å². The molecule has 0 aromatic heterocycles. The number of hydrogen-bond acceptors (Lipinski definition) is 8. The van der Waals surface area contributed by atoms with E-state index >= 15 is 0 Å². The molecule has 8 heteroatoms. The number of hydrogen-bond donors (Lipinski definition) is 0. The molecule has 2 aromatic rings. The third-order valence-corrected chi connectivity index (χ3v) is 5.78. The van der Waals surface area contributed by atoms with Gasteiger partial charge in [0.05, 0.1) is 42.7 Å². The SMILES string of the molecule is COc1cc(CN2CCN(Cc3ccc(OC)c(OC)c3OC)CC2)cc(OC)c1OC. The molecule has 1 aliphatic rings. The molecule has 0 aliphatic carbocycles. The first-order valence-corrected chi connectivity index (χ1v) is 10.6. The Morgan fingerprint density at radius 1 is 0.562 bits per heavy atom. The van der Waals surface area contributed by atoms with Gasteiger partial charge in [-0.15, -0.1) is 0 Å². The van der Waals surface area contributed by atoms with Gasteiger partial charge >= 0.3 is 0 Å². The molecule has 0 radical (unpaired) electrons. The highest BCUT2D eigenvalue weighted by molar-refractivity contribution is 5.56. The Balaban J connectivity index is 1.64. The van der Waals surface area contributed by atoms with Crippen LogP contribution in [-0.2, 0) is 13.1 Å². The molecule has 0 atom stereocenters. The van der Waals surface area contributed by atoms with Crippen LogP contribution in [0.2, 0.25) is 0 Å². The quantitative estimate of drug-likeness (QED) is 0.552. The van der Waals surface area contributed by atoms with E-state index in [1.54, 1.807) is 42.7 Å². The van der Waals surface area contributed by atoms with Crippen LogP contribution in [-0.4, -0.2) is 78.6 Å². The number of nitrogens with zero attached hydrogens (tertiary/aromatic N) is 2. The van der Waals surface area contributed by atoms with Gasteiger partial charge in [-0.3, -0.25) is 9.80 Å². The molecule has 0 spiro atoms. The van der Waals surface area contributed by atoms with E-state index < -0.39 is 0 Å². The van der Waals surface area contributed by atoms with Gasteiger partial charge in [0.1, 0.15) is 0 Å². The molecule has 32 heavy (non-hydrogen) atoms. The highest BCUT2D eigenvalue weighted by Gasteiger charge is 2.22. The third-order valence-electron chi connectivity index (χ3n) is 5.78. The Morgan fingerprint density at radius 3 is 1.53 bits per heavy atom. The summed E-state index contributed by atoms with van der Waals surface area (Å²) in [6, 6.07) is 8.00. The van der Waals surface area contributed by atoms with Gasteiger partial charge < -0.3 is 28.4 Å². The molecule has 1 fully saturated rings. The summed E-state index contributed by atoms with van der Waals surface area (Å²) >= 11 is 0. The molecule has 0 amide bonds. The lowest BCUT2D eigenvalue weighted by atomic mass is 10.1. The lowest BCUT2D eigenvalue weighted by molar-refractivity contribution is 0.121. The Hall–Kier alpha value is -2.84. The molecule has 8 nitrogen and oxygen atoms in total. The van der Waals surface area contributed by atoms with Gasteiger partial charge in [-0.1, -0.05) is 6.07 Å². The van der Waals surface area contributed by atoms with Crippen molar-refractivity contribution in [1.82, 2.24) is 9.80 Å². The molecule has 176 valence electrons. The average Bonchev–Trinajstić information content (AvgIpc) is 2.83. The normalized spacial score (nSPS) is 14.7. The first kappa shape index (κ1) is 23.8. The van der Waals surface area contributed by atoms with Crippen LogP contribution in [0.15, 0.2) is 24.3 Å². The maximum absolute atomic E-state index is 5.64. The smallest absolute Gasteiger partial charge is 0.203 e. The second kappa shape index (κ2) is 11.2. The summed E-state index contributed by atoms with van der Waals surface area (Å²) in [5, 5.41) is 0. The fourth-order valence-electron chi connectivity index (χ4n) is 4.12. The summed E-state index contributed by atoms with van der Waals surface area (Å²) in [6.45, 7) is 5.47. The molecular formula is C24H34N2O6. The van der Waals surface area contributed by atoms with Crippen LogP contribution in [0.1, 0.15) is 11.1 Å². The van der Waals surface area contributed by atoms with Gasteiger partial charge in [-0.05, 0) is 23.8 Å². The fraction of sp³-hybridized carbons (Fsp3) is 0.500. The molecule has 3 rings (SSSR count). The van der Waals surface area contributed by atoms with Crippen LogP contribution in [0.3, 0.4) is 0 Å². The van der Waals surface area contributed by atoms with Gasteiger partial charge in [0.15, 0.2) is 23.0 Å². The zero-order chi connectivity index (χ0) is 23.1. The topological polar surface area (TPSA) is 61.9 Å². The number of methoxy groups -OCH3 is 6. The largest absolute Gasteiger partial charge is 0.493 e. The number of piperazine rings is 1. The third kappa shape index (κ3) is 5.14. The van der Waals surface area contributed by atoms with Crippen molar-refractivity contribution < 1.29 is 28.4 Å². The summed E-state index contributed by atoms with van der Waals surface area (Å²) in [7, 11) is 9.82. The van der Waals surface area contributed by atoms with E-state index in [1.165, 1.54) is 0 Å². The van der Waals surface area contributed by atoms with Gasteiger partial charge in [0.25, 0.3) is 0 Å². The molecule has 1 saturated heterocycles. The maximum atomic E-state index is 5.64. The van der Waals surface area contributed by atoms with Crippen LogP contribution >= 0.6 is 0 Å². The van der Waals surface area contributed by atoms with Crippen molar-refractivity contribution in [2.75, 3.05) is 68.8 Å². The number of rotatable bonds is 10. The van der Waals surface area contributed by atoms with Crippen molar-refractivity contribution in [3.05, 3.63) is 35.4 Å². The van der Waals surface area contributed by atoms with Crippen LogP contribution in [0, 0.1) is 0 Å². The van der Waals surface area contributed by atoms with E-state index in [0.29, 0.717) is 28.7 Å². The molecule has 0 unspecified atom stereocenters. The van der Waals surface area contributed by atoms with E-state index in [2.05, 4.69) is 9.80 Å². The minimum atomic E-state index is 0.618. The van der Waals surface area contributed by atoms with Crippen molar-refractivity contribution in [2.24, 2.45) is 0 Å². The van der Waals surface area contributed by atoms with Crippen LogP contribution in [0.25, 0.3) is 0 Å². The fourth-order valence-corrected chi connectivity index (χ4v) is 4.12. The van der Waals surface area contributed by atoms with E-state index in [4.69, 9.17) is 28.4 Å². The predicted octanol–water partition coefficient (Wildman–Crippen LogP) is 3.06. The molecular weight excluding hydrogens is 412 g/mol. The van der Waals surface area contributed by atoms with E-state index in [9.17, 15) is 0 Å². The summed E-state index contributed by atoms with van der Waals surface area (Å²) < 4.78 is 32.9. The highest BCUT2D eigenvalue weighted by atomic mass is 16.5. The Bertz CT molecular complexity index is 871. The summed E-state index contributed by atoms with van der Waals surface area (Å²) in [4.78, 5) is 4.86. The Kier molecular flexibility index (Phi) is 8.30. The van der Waals surface area contributed by atoms with Crippen LogP contribution in [0.5, 0.6) is 34.5 Å². The standard InChI is InChI=1S/C24H34N2O6/c1-27-19-8-7-18(22(30-4)24(19)32-6)16-26-11-9-25(10-12-26)15-17-13-20(28-2)23(31-5)21(14-17)29-3/h7-8,13-14H,9-12,15-16H2,1-6H3. The highest BCUT2D eigenvalue weighted by Crippen LogP contribution is 2.40. The van der Waals surface area contributed by atoms with Gasteiger partial charge in [0, 0.05) is 44.8 Å². The Labute approximate surface area is 190 Å². The molecule has 1 aliphatic heterocycles. The second-order valence-electron chi connectivity index (χ2n) is 7.58.